The van der Waals surface area contributed by atoms with Crippen molar-refractivity contribution in [3.8, 4) is 5.88 Å². The number of alkyl halides is 1. The number of pyridine rings is 1. The molecular weight excluding hydrogens is 224 g/mol. The third-order valence-electron chi connectivity index (χ3n) is 3.06. The summed E-state index contributed by atoms with van der Waals surface area (Å²) in [7, 11) is 1.64. The summed E-state index contributed by atoms with van der Waals surface area (Å²) in [5.41, 5.74) is 1.16. The Labute approximate surface area is 101 Å². The molecule has 1 aromatic heterocycles. The summed E-state index contributed by atoms with van der Waals surface area (Å²) in [6.45, 7) is 1.07. The van der Waals surface area contributed by atoms with Gasteiger partial charge in [0.25, 0.3) is 0 Å². The number of aromatic nitrogens is 1. The van der Waals surface area contributed by atoms with E-state index >= 15 is 0 Å². The Kier molecular flexibility index (Phi) is 3.88. The topological polar surface area (TPSA) is 25.4 Å². The van der Waals surface area contributed by atoms with Crippen molar-refractivity contribution in [2.45, 2.75) is 25.3 Å². The van der Waals surface area contributed by atoms with Crippen LogP contribution in [0.25, 0.3) is 0 Å². The largest absolute Gasteiger partial charge is 0.481 e. The zero-order chi connectivity index (χ0) is 11.4. The van der Waals surface area contributed by atoms with Gasteiger partial charge in [0.2, 0.25) is 5.88 Å². The lowest BCUT2D eigenvalue weighted by molar-refractivity contribution is 0.397. The molecule has 1 aliphatic rings. The van der Waals surface area contributed by atoms with Gasteiger partial charge in [-0.1, -0.05) is 0 Å². The monoisotopic (exact) mass is 240 g/mol. The molecule has 1 fully saturated rings. The Bertz CT molecular complexity index is 346. The van der Waals surface area contributed by atoms with Gasteiger partial charge in [-0.15, -0.1) is 11.6 Å². The van der Waals surface area contributed by atoms with E-state index in [0.29, 0.717) is 17.8 Å². The molecule has 3 nitrogen and oxygen atoms in total. The Morgan fingerprint density at radius 1 is 1.56 bits per heavy atom. The van der Waals surface area contributed by atoms with Crippen molar-refractivity contribution < 1.29 is 4.74 Å². The van der Waals surface area contributed by atoms with Crippen LogP contribution in [0.1, 0.15) is 19.3 Å². The second-order valence-electron chi connectivity index (χ2n) is 4.05. The van der Waals surface area contributed by atoms with Crippen molar-refractivity contribution in [1.82, 2.24) is 4.98 Å². The number of piperidine rings is 1. The van der Waals surface area contributed by atoms with Crippen LogP contribution in [0, 0.1) is 0 Å². The molecule has 1 atom stereocenters. The number of nitrogens with zero attached hydrogens (tertiary/aromatic N) is 2. The van der Waals surface area contributed by atoms with Gasteiger partial charge in [-0.3, -0.25) is 0 Å². The second kappa shape index (κ2) is 5.39. The minimum atomic E-state index is 0.447. The van der Waals surface area contributed by atoms with Crippen LogP contribution in [0.3, 0.4) is 0 Å². The molecule has 0 spiro atoms. The molecule has 1 aromatic rings. The highest BCUT2D eigenvalue weighted by Gasteiger charge is 2.22. The highest BCUT2D eigenvalue weighted by Crippen LogP contribution is 2.26. The van der Waals surface area contributed by atoms with E-state index in [0.717, 1.165) is 12.2 Å². The average molecular weight is 241 g/mol. The van der Waals surface area contributed by atoms with Gasteiger partial charge in [0.05, 0.1) is 7.11 Å². The predicted molar refractivity (Wildman–Crippen MR) is 66.5 cm³/mol. The van der Waals surface area contributed by atoms with E-state index in [1.165, 1.54) is 19.3 Å². The van der Waals surface area contributed by atoms with Crippen molar-refractivity contribution in [3.05, 3.63) is 18.3 Å². The summed E-state index contributed by atoms with van der Waals surface area (Å²) < 4.78 is 5.14. The van der Waals surface area contributed by atoms with E-state index in [1.807, 2.05) is 12.1 Å². The molecule has 0 saturated carbocycles. The molecule has 0 aromatic carbocycles. The van der Waals surface area contributed by atoms with Crippen LogP contribution in [0.15, 0.2) is 18.3 Å². The summed E-state index contributed by atoms with van der Waals surface area (Å²) in [5, 5.41) is 0. The molecular formula is C12H17ClN2O. The third kappa shape index (κ3) is 2.40. The van der Waals surface area contributed by atoms with Gasteiger partial charge >= 0.3 is 0 Å². The zero-order valence-corrected chi connectivity index (χ0v) is 10.3. The van der Waals surface area contributed by atoms with Crippen molar-refractivity contribution in [2.75, 3.05) is 24.4 Å². The standard InChI is InChI=1S/C12H17ClN2O/c1-16-12-8-10(5-6-14-12)15-7-3-2-4-11(15)9-13/h5-6,8,11H,2-4,7,9H2,1H3. The Hall–Kier alpha value is -0.960. The number of hydrogen-bond acceptors (Lipinski definition) is 3. The second-order valence-corrected chi connectivity index (χ2v) is 4.36. The van der Waals surface area contributed by atoms with Gasteiger partial charge in [0.1, 0.15) is 0 Å². The summed E-state index contributed by atoms with van der Waals surface area (Å²) in [6, 6.07) is 4.45. The first-order valence-electron chi connectivity index (χ1n) is 5.68. The maximum absolute atomic E-state index is 6.01. The van der Waals surface area contributed by atoms with Gasteiger partial charge in [-0.25, -0.2) is 4.98 Å². The number of anilines is 1. The number of methoxy groups -OCH3 is 1. The highest BCUT2D eigenvalue weighted by molar-refractivity contribution is 6.18. The van der Waals surface area contributed by atoms with Gasteiger partial charge < -0.3 is 9.64 Å². The lowest BCUT2D eigenvalue weighted by atomic mass is 10.0. The van der Waals surface area contributed by atoms with Crippen LogP contribution in [0.5, 0.6) is 5.88 Å². The van der Waals surface area contributed by atoms with Gasteiger partial charge in [0.15, 0.2) is 0 Å². The van der Waals surface area contributed by atoms with Crippen LogP contribution < -0.4 is 9.64 Å². The van der Waals surface area contributed by atoms with Crippen molar-refractivity contribution in [1.29, 1.82) is 0 Å². The first kappa shape index (κ1) is 11.5. The maximum atomic E-state index is 6.01. The molecule has 2 heterocycles. The molecule has 1 saturated heterocycles. The van der Waals surface area contributed by atoms with Crippen LogP contribution in [0.2, 0.25) is 0 Å². The molecule has 0 bridgehead atoms. The fraction of sp³-hybridized carbons (Fsp3) is 0.583. The first-order valence-corrected chi connectivity index (χ1v) is 6.21. The number of hydrogen-bond donors (Lipinski definition) is 0. The summed E-state index contributed by atoms with van der Waals surface area (Å²) in [5.74, 6) is 1.35. The molecule has 88 valence electrons. The summed E-state index contributed by atoms with van der Waals surface area (Å²) >= 11 is 6.01. The SMILES string of the molecule is COc1cc(N2CCCCC2CCl)ccn1. The summed E-state index contributed by atoms with van der Waals surface area (Å²) in [4.78, 5) is 6.48. The Morgan fingerprint density at radius 3 is 3.19 bits per heavy atom. The number of halogens is 1. The number of rotatable bonds is 3. The number of ether oxygens (including phenoxy) is 1. The smallest absolute Gasteiger partial charge is 0.214 e. The van der Waals surface area contributed by atoms with E-state index < -0.39 is 0 Å². The van der Waals surface area contributed by atoms with Crippen molar-refractivity contribution in [3.63, 3.8) is 0 Å². The fourth-order valence-electron chi connectivity index (χ4n) is 2.19. The zero-order valence-electron chi connectivity index (χ0n) is 9.53. The highest BCUT2D eigenvalue weighted by atomic mass is 35.5. The molecule has 0 amide bonds. The van der Waals surface area contributed by atoms with Crippen LogP contribution >= 0.6 is 11.6 Å². The van der Waals surface area contributed by atoms with Crippen LogP contribution in [0.4, 0.5) is 5.69 Å². The predicted octanol–water partition coefficient (Wildman–Crippen LogP) is 2.69. The summed E-state index contributed by atoms with van der Waals surface area (Å²) in [6.07, 6.45) is 5.47. The van der Waals surface area contributed by atoms with Gasteiger partial charge in [-0.2, -0.15) is 0 Å². The molecule has 1 unspecified atom stereocenters. The molecule has 0 radical (unpaired) electrons. The van der Waals surface area contributed by atoms with Gasteiger partial charge in [-0.05, 0) is 25.3 Å². The minimum absolute atomic E-state index is 0.447. The van der Waals surface area contributed by atoms with E-state index in [1.54, 1.807) is 13.3 Å². The Balaban J connectivity index is 2.20. The molecule has 2 rings (SSSR count). The Morgan fingerprint density at radius 2 is 2.44 bits per heavy atom. The van der Waals surface area contributed by atoms with Crippen LogP contribution in [-0.2, 0) is 0 Å². The fourth-order valence-corrected chi connectivity index (χ4v) is 2.51. The molecule has 4 heteroatoms. The molecule has 0 aliphatic carbocycles. The first-order chi connectivity index (χ1) is 7.85. The molecule has 0 N–H and O–H groups in total. The van der Waals surface area contributed by atoms with E-state index in [9.17, 15) is 0 Å². The molecule has 1 aliphatic heterocycles. The van der Waals surface area contributed by atoms with Gasteiger partial charge in [0, 0.05) is 36.4 Å². The maximum Gasteiger partial charge on any atom is 0.214 e. The normalized spacial score (nSPS) is 20.9. The van der Waals surface area contributed by atoms with E-state index in [4.69, 9.17) is 16.3 Å². The average Bonchev–Trinajstić information content (AvgIpc) is 2.38. The quantitative estimate of drug-likeness (QED) is 0.760. The third-order valence-corrected chi connectivity index (χ3v) is 3.42. The van der Waals surface area contributed by atoms with E-state index in [-0.39, 0.29) is 0 Å². The van der Waals surface area contributed by atoms with Crippen LogP contribution in [-0.4, -0.2) is 30.6 Å². The van der Waals surface area contributed by atoms with Crippen molar-refractivity contribution >= 4 is 17.3 Å². The minimum Gasteiger partial charge on any atom is -0.481 e. The van der Waals surface area contributed by atoms with Crippen molar-refractivity contribution in [2.24, 2.45) is 0 Å². The van der Waals surface area contributed by atoms with E-state index in [2.05, 4.69) is 9.88 Å². The molecule has 16 heavy (non-hydrogen) atoms. The lowest BCUT2D eigenvalue weighted by Crippen LogP contribution is -2.40. The lowest BCUT2D eigenvalue weighted by Gasteiger charge is -2.36.